The molecule has 1 saturated heterocycles. The molecule has 5 heteroatoms. The lowest BCUT2D eigenvalue weighted by atomic mass is 10.1. The maximum Gasteiger partial charge on any atom is 0.255 e. The largest absolute Gasteiger partial charge is 0.497 e. The highest BCUT2D eigenvalue weighted by atomic mass is 16.5. The van der Waals surface area contributed by atoms with Gasteiger partial charge in [-0.3, -0.25) is 4.79 Å². The Bertz CT molecular complexity index is 454. The molecule has 1 unspecified atom stereocenters. The van der Waals surface area contributed by atoms with Gasteiger partial charge in [0.05, 0.1) is 19.8 Å². The molecule has 5 nitrogen and oxygen atoms in total. The Morgan fingerprint density at radius 3 is 2.85 bits per heavy atom. The van der Waals surface area contributed by atoms with Gasteiger partial charge in [-0.15, -0.1) is 0 Å². The zero-order valence-corrected chi connectivity index (χ0v) is 12.1. The number of ether oxygens (including phenoxy) is 2. The number of rotatable bonds is 4. The number of hydrogen-bond donors (Lipinski definition) is 2. The summed E-state index contributed by atoms with van der Waals surface area (Å²) in [5.41, 5.74) is 0.518. The van der Waals surface area contributed by atoms with Crippen molar-refractivity contribution in [3.05, 3.63) is 23.8 Å². The van der Waals surface area contributed by atoms with Crippen molar-refractivity contribution in [3.63, 3.8) is 0 Å². The molecule has 1 aromatic carbocycles. The molecule has 1 heterocycles. The van der Waals surface area contributed by atoms with Crippen LogP contribution in [-0.2, 0) is 0 Å². The fourth-order valence-electron chi connectivity index (χ4n) is 2.42. The van der Waals surface area contributed by atoms with Crippen LogP contribution < -0.4 is 20.1 Å². The number of carbonyl (C=O) groups is 1. The van der Waals surface area contributed by atoms with E-state index in [-0.39, 0.29) is 11.9 Å². The number of nitrogens with one attached hydrogen (secondary N) is 2. The number of benzene rings is 1. The molecule has 0 bridgehead atoms. The molecule has 1 atom stereocenters. The number of carbonyl (C=O) groups excluding carboxylic acids is 1. The summed E-state index contributed by atoms with van der Waals surface area (Å²) in [6.45, 7) is 1.97. The second-order valence-corrected chi connectivity index (χ2v) is 4.92. The Morgan fingerprint density at radius 1 is 1.25 bits per heavy atom. The second kappa shape index (κ2) is 7.14. The first-order valence-corrected chi connectivity index (χ1v) is 6.98. The molecule has 2 rings (SSSR count). The molecular formula is C15H22N2O3. The van der Waals surface area contributed by atoms with E-state index >= 15 is 0 Å². The van der Waals surface area contributed by atoms with Crippen molar-refractivity contribution in [2.75, 3.05) is 27.3 Å². The van der Waals surface area contributed by atoms with Gasteiger partial charge in [0.2, 0.25) is 0 Å². The lowest BCUT2D eigenvalue weighted by Gasteiger charge is -2.17. The van der Waals surface area contributed by atoms with Crippen LogP contribution in [0.2, 0.25) is 0 Å². The highest BCUT2D eigenvalue weighted by Gasteiger charge is 2.18. The Labute approximate surface area is 119 Å². The van der Waals surface area contributed by atoms with E-state index in [0.717, 1.165) is 32.4 Å². The molecule has 2 N–H and O–H groups in total. The maximum absolute atomic E-state index is 12.4. The lowest BCUT2D eigenvalue weighted by molar-refractivity contribution is 0.0930. The van der Waals surface area contributed by atoms with Gasteiger partial charge in [0.1, 0.15) is 11.5 Å². The SMILES string of the molecule is COc1ccc(OC)c(C(=O)NC2CCCNCC2)c1. The molecular weight excluding hydrogens is 256 g/mol. The predicted molar refractivity (Wildman–Crippen MR) is 77.5 cm³/mol. The number of hydrogen-bond acceptors (Lipinski definition) is 4. The van der Waals surface area contributed by atoms with E-state index in [2.05, 4.69) is 10.6 Å². The minimum atomic E-state index is -0.104. The van der Waals surface area contributed by atoms with Crippen LogP contribution in [0.3, 0.4) is 0 Å². The van der Waals surface area contributed by atoms with Crippen LogP contribution in [0.1, 0.15) is 29.6 Å². The summed E-state index contributed by atoms with van der Waals surface area (Å²) < 4.78 is 10.4. The summed E-state index contributed by atoms with van der Waals surface area (Å²) in [4.78, 5) is 12.4. The topological polar surface area (TPSA) is 59.6 Å². The average Bonchev–Trinajstić information content (AvgIpc) is 2.75. The molecule has 0 aliphatic carbocycles. The third-order valence-corrected chi connectivity index (χ3v) is 3.56. The molecule has 20 heavy (non-hydrogen) atoms. The molecule has 0 saturated carbocycles. The van der Waals surface area contributed by atoms with Crippen molar-refractivity contribution < 1.29 is 14.3 Å². The highest BCUT2D eigenvalue weighted by Crippen LogP contribution is 2.24. The van der Waals surface area contributed by atoms with E-state index in [1.165, 1.54) is 0 Å². The molecule has 1 aliphatic heterocycles. The van der Waals surface area contributed by atoms with Crippen LogP contribution >= 0.6 is 0 Å². The van der Waals surface area contributed by atoms with Crippen molar-refractivity contribution in [2.45, 2.75) is 25.3 Å². The summed E-state index contributed by atoms with van der Waals surface area (Å²) in [7, 11) is 3.15. The van der Waals surface area contributed by atoms with Crippen molar-refractivity contribution >= 4 is 5.91 Å². The Hall–Kier alpha value is -1.75. The minimum absolute atomic E-state index is 0.104. The van der Waals surface area contributed by atoms with Crippen molar-refractivity contribution in [1.29, 1.82) is 0 Å². The molecule has 0 radical (unpaired) electrons. The summed E-state index contributed by atoms with van der Waals surface area (Å²) in [6, 6.07) is 5.46. The summed E-state index contributed by atoms with van der Waals surface area (Å²) >= 11 is 0. The van der Waals surface area contributed by atoms with Gasteiger partial charge in [-0.1, -0.05) is 0 Å². The van der Waals surface area contributed by atoms with E-state index in [1.54, 1.807) is 32.4 Å². The summed E-state index contributed by atoms with van der Waals surface area (Å²) in [5, 5.41) is 6.42. The van der Waals surface area contributed by atoms with Crippen LogP contribution in [0.25, 0.3) is 0 Å². The fourth-order valence-corrected chi connectivity index (χ4v) is 2.42. The van der Waals surface area contributed by atoms with E-state index < -0.39 is 0 Å². The minimum Gasteiger partial charge on any atom is -0.497 e. The van der Waals surface area contributed by atoms with Crippen LogP contribution in [0.5, 0.6) is 11.5 Å². The average molecular weight is 278 g/mol. The summed E-state index contributed by atoms with van der Waals surface area (Å²) in [6.07, 6.45) is 3.04. The number of amides is 1. The Balaban J connectivity index is 2.10. The first kappa shape index (κ1) is 14.7. The smallest absolute Gasteiger partial charge is 0.255 e. The van der Waals surface area contributed by atoms with Gasteiger partial charge in [-0.2, -0.15) is 0 Å². The predicted octanol–water partition coefficient (Wildman–Crippen LogP) is 1.58. The van der Waals surface area contributed by atoms with Gasteiger partial charge in [0.15, 0.2) is 0 Å². The quantitative estimate of drug-likeness (QED) is 0.878. The van der Waals surface area contributed by atoms with Crippen LogP contribution in [-0.4, -0.2) is 39.3 Å². The molecule has 1 amide bonds. The third kappa shape index (κ3) is 3.63. The second-order valence-electron chi connectivity index (χ2n) is 4.92. The van der Waals surface area contributed by atoms with E-state index in [4.69, 9.17) is 9.47 Å². The van der Waals surface area contributed by atoms with Crippen molar-refractivity contribution in [2.24, 2.45) is 0 Å². The van der Waals surface area contributed by atoms with Gasteiger partial charge in [0, 0.05) is 6.04 Å². The van der Waals surface area contributed by atoms with Crippen LogP contribution in [0.4, 0.5) is 0 Å². The van der Waals surface area contributed by atoms with Gasteiger partial charge in [0.25, 0.3) is 5.91 Å². The number of methoxy groups -OCH3 is 2. The normalized spacial score (nSPS) is 19.0. The van der Waals surface area contributed by atoms with Crippen molar-refractivity contribution in [1.82, 2.24) is 10.6 Å². The Morgan fingerprint density at radius 2 is 2.10 bits per heavy atom. The molecule has 0 aromatic heterocycles. The highest BCUT2D eigenvalue weighted by molar-refractivity contribution is 5.97. The first-order chi connectivity index (χ1) is 9.74. The zero-order valence-electron chi connectivity index (χ0n) is 12.1. The standard InChI is InChI=1S/C15H22N2O3/c1-19-12-5-6-14(20-2)13(10-12)15(18)17-11-4-3-8-16-9-7-11/h5-6,10-11,16H,3-4,7-9H2,1-2H3,(H,17,18). The van der Waals surface area contributed by atoms with Gasteiger partial charge < -0.3 is 20.1 Å². The van der Waals surface area contributed by atoms with E-state index in [1.807, 2.05) is 0 Å². The summed E-state index contributed by atoms with van der Waals surface area (Å²) in [5.74, 6) is 1.11. The fraction of sp³-hybridized carbons (Fsp3) is 0.533. The van der Waals surface area contributed by atoms with E-state index in [0.29, 0.717) is 17.1 Å². The molecule has 1 fully saturated rings. The van der Waals surface area contributed by atoms with Gasteiger partial charge >= 0.3 is 0 Å². The van der Waals surface area contributed by atoms with Crippen LogP contribution in [0, 0.1) is 0 Å². The van der Waals surface area contributed by atoms with Gasteiger partial charge in [-0.25, -0.2) is 0 Å². The van der Waals surface area contributed by atoms with Gasteiger partial charge in [-0.05, 0) is 50.6 Å². The first-order valence-electron chi connectivity index (χ1n) is 6.98. The molecule has 0 spiro atoms. The maximum atomic E-state index is 12.4. The van der Waals surface area contributed by atoms with Crippen molar-refractivity contribution in [3.8, 4) is 11.5 Å². The molecule has 1 aromatic rings. The third-order valence-electron chi connectivity index (χ3n) is 3.56. The Kier molecular flexibility index (Phi) is 5.24. The monoisotopic (exact) mass is 278 g/mol. The van der Waals surface area contributed by atoms with E-state index in [9.17, 15) is 4.79 Å². The molecule has 1 aliphatic rings. The molecule has 110 valence electrons. The zero-order chi connectivity index (χ0) is 14.4. The van der Waals surface area contributed by atoms with Crippen LogP contribution in [0.15, 0.2) is 18.2 Å². The lowest BCUT2D eigenvalue weighted by Crippen LogP contribution is -2.35.